The molecule has 2 saturated heterocycles. The van der Waals surface area contributed by atoms with Gasteiger partial charge in [0.05, 0.1) is 12.2 Å². The van der Waals surface area contributed by atoms with Gasteiger partial charge in [-0.15, -0.1) is 0 Å². The second kappa shape index (κ2) is 9.01. The van der Waals surface area contributed by atoms with E-state index in [0.29, 0.717) is 12.5 Å². The summed E-state index contributed by atoms with van der Waals surface area (Å²) in [5.74, 6) is 1.15. The van der Waals surface area contributed by atoms with E-state index in [1.165, 1.54) is 17.7 Å². The van der Waals surface area contributed by atoms with Gasteiger partial charge in [-0.1, -0.05) is 6.07 Å². The molecule has 2 aliphatic heterocycles. The molecular weight excluding hydrogens is 355 g/mol. The zero-order valence-corrected chi connectivity index (χ0v) is 16.4. The number of nitrogens with zero attached hydrogens (tertiary/aromatic N) is 2. The standard InChI is InChI=1S/C23H29FN2O2/c24-21-3-5-22(6-4-21)27-14-7-19-8-15-28-23(16-19)9-12-26(13-10-23)18-20-2-1-11-25-17-20/h1-6,11,17,19H,7-10,12-16,18H2. The fraction of sp³-hybridized carbons (Fsp3) is 0.522. The highest BCUT2D eigenvalue weighted by atomic mass is 19.1. The van der Waals surface area contributed by atoms with Crippen LogP contribution in [0.2, 0.25) is 0 Å². The summed E-state index contributed by atoms with van der Waals surface area (Å²) in [7, 11) is 0. The van der Waals surface area contributed by atoms with E-state index < -0.39 is 0 Å². The number of hydrogen-bond donors (Lipinski definition) is 0. The highest BCUT2D eigenvalue weighted by Crippen LogP contribution is 2.39. The first kappa shape index (κ1) is 19.3. The van der Waals surface area contributed by atoms with Crippen molar-refractivity contribution in [2.24, 2.45) is 5.92 Å². The number of hydrogen-bond acceptors (Lipinski definition) is 4. The molecule has 1 unspecified atom stereocenters. The van der Waals surface area contributed by atoms with Crippen LogP contribution in [0.1, 0.15) is 37.7 Å². The van der Waals surface area contributed by atoms with Crippen LogP contribution in [0.5, 0.6) is 5.75 Å². The van der Waals surface area contributed by atoms with E-state index in [1.54, 1.807) is 12.1 Å². The Balaban J connectivity index is 1.23. The van der Waals surface area contributed by atoms with Gasteiger partial charge in [-0.25, -0.2) is 4.39 Å². The van der Waals surface area contributed by atoms with Crippen molar-refractivity contribution in [3.05, 3.63) is 60.2 Å². The number of halogens is 1. The lowest BCUT2D eigenvalue weighted by Crippen LogP contribution is -2.49. The molecule has 0 radical (unpaired) electrons. The zero-order chi connectivity index (χ0) is 19.2. The Bertz CT molecular complexity index is 730. The van der Waals surface area contributed by atoms with E-state index in [2.05, 4.69) is 16.0 Å². The van der Waals surface area contributed by atoms with E-state index in [9.17, 15) is 4.39 Å². The quantitative estimate of drug-likeness (QED) is 0.737. The van der Waals surface area contributed by atoms with Crippen molar-refractivity contribution >= 4 is 0 Å². The topological polar surface area (TPSA) is 34.6 Å². The Morgan fingerprint density at radius 2 is 2.00 bits per heavy atom. The Labute approximate surface area is 166 Å². The lowest BCUT2D eigenvalue weighted by molar-refractivity contribution is -0.129. The predicted octanol–water partition coefficient (Wildman–Crippen LogP) is 4.45. The second-order valence-electron chi connectivity index (χ2n) is 8.12. The Morgan fingerprint density at radius 3 is 2.75 bits per heavy atom. The molecule has 0 amide bonds. The fourth-order valence-electron chi connectivity index (χ4n) is 4.47. The third-order valence-corrected chi connectivity index (χ3v) is 6.10. The minimum absolute atomic E-state index is 0.0459. The molecule has 2 aliphatic rings. The molecule has 3 heterocycles. The van der Waals surface area contributed by atoms with Crippen molar-refractivity contribution in [2.45, 2.75) is 44.2 Å². The van der Waals surface area contributed by atoms with Crippen LogP contribution in [0.3, 0.4) is 0 Å². The average molecular weight is 384 g/mol. The SMILES string of the molecule is Fc1ccc(OCCC2CCOC3(CCN(Cc4cccnc4)CC3)C2)cc1. The molecule has 2 aromatic rings. The smallest absolute Gasteiger partial charge is 0.123 e. The van der Waals surface area contributed by atoms with Crippen molar-refractivity contribution in [2.75, 3.05) is 26.3 Å². The second-order valence-corrected chi connectivity index (χ2v) is 8.12. The third-order valence-electron chi connectivity index (χ3n) is 6.10. The highest BCUT2D eigenvalue weighted by molar-refractivity contribution is 5.22. The molecule has 1 aromatic carbocycles. The Morgan fingerprint density at radius 1 is 1.18 bits per heavy atom. The van der Waals surface area contributed by atoms with Gasteiger partial charge < -0.3 is 9.47 Å². The van der Waals surface area contributed by atoms with Crippen LogP contribution >= 0.6 is 0 Å². The van der Waals surface area contributed by atoms with Crippen molar-refractivity contribution in [1.29, 1.82) is 0 Å². The summed E-state index contributed by atoms with van der Waals surface area (Å²) < 4.78 is 25.1. The van der Waals surface area contributed by atoms with Crippen LogP contribution in [0.4, 0.5) is 4.39 Å². The Hall–Kier alpha value is -1.98. The number of pyridine rings is 1. The van der Waals surface area contributed by atoms with Gasteiger partial charge in [0.25, 0.3) is 0 Å². The number of benzene rings is 1. The normalized spacial score (nSPS) is 22.2. The molecule has 28 heavy (non-hydrogen) atoms. The molecule has 0 bridgehead atoms. The summed E-state index contributed by atoms with van der Waals surface area (Å²) >= 11 is 0. The van der Waals surface area contributed by atoms with Crippen LogP contribution in [-0.4, -0.2) is 41.8 Å². The number of likely N-dealkylation sites (tertiary alicyclic amines) is 1. The molecule has 4 rings (SSSR count). The minimum Gasteiger partial charge on any atom is -0.494 e. The number of rotatable bonds is 6. The summed E-state index contributed by atoms with van der Waals surface area (Å²) in [6.07, 6.45) is 9.24. The maximum absolute atomic E-state index is 13.0. The van der Waals surface area contributed by atoms with Gasteiger partial charge in [0.2, 0.25) is 0 Å². The van der Waals surface area contributed by atoms with Crippen LogP contribution in [0.15, 0.2) is 48.8 Å². The number of aromatic nitrogens is 1. The van der Waals surface area contributed by atoms with Crippen molar-refractivity contribution in [3.63, 3.8) is 0 Å². The van der Waals surface area contributed by atoms with Crippen LogP contribution in [0.25, 0.3) is 0 Å². The van der Waals surface area contributed by atoms with Crippen LogP contribution < -0.4 is 4.74 Å². The molecule has 1 spiro atoms. The first-order valence-corrected chi connectivity index (χ1v) is 10.3. The first-order chi connectivity index (χ1) is 13.7. The molecule has 1 aromatic heterocycles. The summed E-state index contributed by atoms with van der Waals surface area (Å²) in [6, 6.07) is 10.4. The van der Waals surface area contributed by atoms with Gasteiger partial charge in [0.1, 0.15) is 11.6 Å². The van der Waals surface area contributed by atoms with E-state index >= 15 is 0 Å². The van der Waals surface area contributed by atoms with Gasteiger partial charge in [-0.3, -0.25) is 9.88 Å². The molecule has 1 atom stereocenters. The molecule has 0 N–H and O–H groups in total. The summed E-state index contributed by atoms with van der Waals surface area (Å²) in [5, 5.41) is 0. The van der Waals surface area contributed by atoms with Gasteiger partial charge in [0.15, 0.2) is 0 Å². The monoisotopic (exact) mass is 384 g/mol. The fourth-order valence-corrected chi connectivity index (χ4v) is 4.47. The largest absolute Gasteiger partial charge is 0.494 e. The van der Waals surface area contributed by atoms with E-state index in [1.807, 2.05) is 18.5 Å². The maximum Gasteiger partial charge on any atom is 0.123 e. The zero-order valence-electron chi connectivity index (χ0n) is 16.4. The van der Waals surface area contributed by atoms with Gasteiger partial charge in [0, 0.05) is 38.6 Å². The van der Waals surface area contributed by atoms with Gasteiger partial charge in [-0.2, -0.15) is 0 Å². The number of ether oxygens (including phenoxy) is 2. The predicted molar refractivity (Wildman–Crippen MR) is 107 cm³/mol. The molecule has 4 nitrogen and oxygen atoms in total. The lowest BCUT2D eigenvalue weighted by atomic mass is 9.78. The average Bonchev–Trinajstić information content (AvgIpc) is 2.73. The van der Waals surface area contributed by atoms with Gasteiger partial charge in [-0.05, 0) is 73.9 Å². The third kappa shape index (κ3) is 5.09. The Kier molecular flexibility index (Phi) is 6.23. The molecule has 150 valence electrons. The summed E-state index contributed by atoms with van der Waals surface area (Å²) in [4.78, 5) is 6.72. The van der Waals surface area contributed by atoms with Gasteiger partial charge >= 0.3 is 0 Å². The summed E-state index contributed by atoms with van der Waals surface area (Å²) in [5.41, 5.74) is 1.32. The number of piperidine rings is 1. The maximum atomic E-state index is 13.0. The molecule has 2 fully saturated rings. The van der Waals surface area contributed by atoms with Crippen molar-refractivity contribution < 1.29 is 13.9 Å². The lowest BCUT2D eigenvalue weighted by Gasteiger charge is -2.46. The first-order valence-electron chi connectivity index (χ1n) is 10.3. The van der Waals surface area contributed by atoms with E-state index in [-0.39, 0.29) is 11.4 Å². The van der Waals surface area contributed by atoms with Crippen molar-refractivity contribution in [3.8, 4) is 5.75 Å². The van der Waals surface area contributed by atoms with Crippen LogP contribution in [0, 0.1) is 11.7 Å². The summed E-state index contributed by atoms with van der Waals surface area (Å²) in [6.45, 7) is 4.66. The van der Waals surface area contributed by atoms with E-state index in [0.717, 1.165) is 64.1 Å². The highest BCUT2D eigenvalue weighted by Gasteiger charge is 2.40. The van der Waals surface area contributed by atoms with E-state index in [4.69, 9.17) is 9.47 Å². The molecule has 0 aliphatic carbocycles. The minimum atomic E-state index is -0.228. The molecular formula is C23H29FN2O2. The van der Waals surface area contributed by atoms with Crippen molar-refractivity contribution in [1.82, 2.24) is 9.88 Å². The molecule has 5 heteroatoms. The van der Waals surface area contributed by atoms with Crippen LogP contribution in [-0.2, 0) is 11.3 Å². The molecule has 0 saturated carbocycles.